The molecule has 1 atom stereocenters. The van der Waals surface area contributed by atoms with Crippen molar-refractivity contribution in [1.82, 2.24) is 10.1 Å². The van der Waals surface area contributed by atoms with Crippen LogP contribution in [0.5, 0.6) is 0 Å². The fraction of sp³-hybridized carbons (Fsp3) is 0.357. The first-order valence-electron chi connectivity index (χ1n) is 6.42. The SMILES string of the molecule is COC(=O)c1ccc(-c2noc([C@H]3CCCO3)n2)cc1. The summed E-state index contributed by atoms with van der Waals surface area (Å²) >= 11 is 0. The molecule has 6 nitrogen and oxygen atoms in total. The normalized spacial score (nSPS) is 18.1. The lowest BCUT2D eigenvalue weighted by molar-refractivity contribution is 0.0601. The van der Waals surface area contributed by atoms with Gasteiger partial charge in [-0.1, -0.05) is 17.3 Å². The Morgan fingerprint density at radius 1 is 1.35 bits per heavy atom. The first-order chi connectivity index (χ1) is 9.78. The van der Waals surface area contributed by atoms with Crippen molar-refractivity contribution in [2.24, 2.45) is 0 Å². The van der Waals surface area contributed by atoms with Crippen molar-refractivity contribution >= 4 is 5.97 Å². The van der Waals surface area contributed by atoms with Crippen LogP contribution in [-0.4, -0.2) is 29.8 Å². The Labute approximate surface area is 115 Å². The molecule has 3 rings (SSSR count). The minimum atomic E-state index is -0.371. The quantitative estimate of drug-likeness (QED) is 0.800. The minimum Gasteiger partial charge on any atom is -0.465 e. The van der Waals surface area contributed by atoms with E-state index >= 15 is 0 Å². The molecule has 0 bridgehead atoms. The molecule has 1 aliphatic rings. The second-order valence-corrected chi connectivity index (χ2v) is 4.53. The second-order valence-electron chi connectivity index (χ2n) is 4.53. The Kier molecular flexibility index (Phi) is 3.47. The van der Waals surface area contributed by atoms with E-state index in [4.69, 9.17) is 9.26 Å². The summed E-state index contributed by atoms with van der Waals surface area (Å²) in [5.74, 6) is 0.631. The van der Waals surface area contributed by atoms with Gasteiger partial charge in [0.05, 0.1) is 12.7 Å². The van der Waals surface area contributed by atoms with Crippen molar-refractivity contribution < 1.29 is 18.8 Å². The molecule has 0 N–H and O–H groups in total. The third-order valence-electron chi connectivity index (χ3n) is 3.21. The number of aromatic nitrogens is 2. The number of carbonyl (C=O) groups excluding carboxylic acids is 1. The number of rotatable bonds is 3. The summed E-state index contributed by atoms with van der Waals surface area (Å²) in [7, 11) is 1.35. The van der Waals surface area contributed by atoms with Crippen LogP contribution in [0.2, 0.25) is 0 Å². The molecule has 0 aliphatic carbocycles. The van der Waals surface area contributed by atoms with Crippen molar-refractivity contribution in [1.29, 1.82) is 0 Å². The van der Waals surface area contributed by atoms with Gasteiger partial charge in [0.1, 0.15) is 6.10 Å². The molecule has 104 valence electrons. The van der Waals surface area contributed by atoms with E-state index in [0.29, 0.717) is 17.3 Å². The highest BCUT2D eigenvalue weighted by atomic mass is 16.5. The van der Waals surface area contributed by atoms with E-state index < -0.39 is 0 Å². The number of nitrogens with zero attached hydrogens (tertiary/aromatic N) is 2. The number of carbonyl (C=O) groups is 1. The van der Waals surface area contributed by atoms with E-state index in [0.717, 1.165) is 25.0 Å². The Morgan fingerprint density at radius 2 is 2.15 bits per heavy atom. The summed E-state index contributed by atoms with van der Waals surface area (Å²) in [6.07, 6.45) is 1.82. The van der Waals surface area contributed by atoms with Crippen LogP contribution in [-0.2, 0) is 9.47 Å². The van der Waals surface area contributed by atoms with Crippen LogP contribution in [0, 0.1) is 0 Å². The molecule has 2 heterocycles. The van der Waals surface area contributed by atoms with E-state index in [2.05, 4.69) is 14.9 Å². The second kappa shape index (κ2) is 5.42. The number of hydrogen-bond acceptors (Lipinski definition) is 6. The lowest BCUT2D eigenvalue weighted by atomic mass is 10.1. The molecule has 6 heteroatoms. The fourth-order valence-corrected chi connectivity index (χ4v) is 2.13. The van der Waals surface area contributed by atoms with Gasteiger partial charge in [-0.3, -0.25) is 0 Å². The third kappa shape index (κ3) is 2.42. The molecule has 0 spiro atoms. The first kappa shape index (κ1) is 12.8. The van der Waals surface area contributed by atoms with Gasteiger partial charge in [0.15, 0.2) is 0 Å². The maximum Gasteiger partial charge on any atom is 0.337 e. The Morgan fingerprint density at radius 3 is 2.80 bits per heavy atom. The number of esters is 1. The van der Waals surface area contributed by atoms with E-state index in [9.17, 15) is 4.79 Å². The van der Waals surface area contributed by atoms with Gasteiger partial charge in [-0.15, -0.1) is 0 Å². The van der Waals surface area contributed by atoms with Crippen LogP contribution in [0.3, 0.4) is 0 Å². The topological polar surface area (TPSA) is 74.5 Å². The van der Waals surface area contributed by atoms with E-state index in [1.807, 2.05) is 0 Å². The molecule has 1 aromatic heterocycles. The average Bonchev–Trinajstić information content (AvgIpc) is 3.17. The Balaban J connectivity index is 1.80. The van der Waals surface area contributed by atoms with E-state index in [-0.39, 0.29) is 12.1 Å². The summed E-state index contributed by atoms with van der Waals surface area (Å²) in [4.78, 5) is 15.7. The monoisotopic (exact) mass is 274 g/mol. The van der Waals surface area contributed by atoms with Gasteiger partial charge in [-0.2, -0.15) is 4.98 Å². The molecule has 1 fully saturated rings. The van der Waals surface area contributed by atoms with Crippen molar-refractivity contribution in [2.45, 2.75) is 18.9 Å². The van der Waals surface area contributed by atoms with Gasteiger partial charge in [0, 0.05) is 12.2 Å². The van der Waals surface area contributed by atoms with Crippen LogP contribution in [0.4, 0.5) is 0 Å². The first-order valence-corrected chi connectivity index (χ1v) is 6.42. The van der Waals surface area contributed by atoms with Gasteiger partial charge in [0.2, 0.25) is 5.82 Å². The predicted molar refractivity (Wildman–Crippen MR) is 69.0 cm³/mol. The van der Waals surface area contributed by atoms with Crippen LogP contribution in [0.15, 0.2) is 28.8 Å². The lowest BCUT2D eigenvalue weighted by Crippen LogP contribution is -2.00. The summed E-state index contributed by atoms with van der Waals surface area (Å²) in [5.41, 5.74) is 1.27. The average molecular weight is 274 g/mol. The molecule has 0 amide bonds. The summed E-state index contributed by atoms with van der Waals surface area (Å²) in [6.45, 7) is 0.732. The largest absolute Gasteiger partial charge is 0.465 e. The molecule has 0 saturated carbocycles. The molecule has 0 unspecified atom stereocenters. The molecule has 0 radical (unpaired) electrons. The van der Waals surface area contributed by atoms with Crippen LogP contribution < -0.4 is 0 Å². The zero-order chi connectivity index (χ0) is 13.9. The van der Waals surface area contributed by atoms with Gasteiger partial charge >= 0.3 is 5.97 Å². The summed E-state index contributed by atoms with van der Waals surface area (Å²) in [5, 5.41) is 3.94. The summed E-state index contributed by atoms with van der Waals surface area (Å²) in [6, 6.07) is 6.86. The number of methoxy groups -OCH3 is 1. The smallest absolute Gasteiger partial charge is 0.337 e. The van der Waals surface area contributed by atoms with Crippen LogP contribution >= 0.6 is 0 Å². The number of ether oxygens (including phenoxy) is 2. The van der Waals surface area contributed by atoms with Gasteiger partial charge < -0.3 is 14.0 Å². The van der Waals surface area contributed by atoms with Crippen molar-refractivity contribution in [3.8, 4) is 11.4 Å². The highest BCUT2D eigenvalue weighted by Gasteiger charge is 2.24. The maximum absolute atomic E-state index is 11.4. The lowest BCUT2D eigenvalue weighted by Gasteiger charge is -2.01. The van der Waals surface area contributed by atoms with Crippen LogP contribution in [0.1, 0.15) is 35.2 Å². The zero-order valence-corrected chi connectivity index (χ0v) is 11.0. The molecule has 1 aromatic carbocycles. The molecular weight excluding hydrogens is 260 g/mol. The van der Waals surface area contributed by atoms with E-state index in [1.165, 1.54) is 7.11 Å². The zero-order valence-electron chi connectivity index (χ0n) is 11.0. The minimum absolute atomic E-state index is 0.0920. The maximum atomic E-state index is 11.4. The third-order valence-corrected chi connectivity index (χ3v) is 3.21. The van der Waals surface area contributed by atoms with Crippen molar-refractivity contribution in [3.05, 3.63) is 35.7 Å². The van der Waals surface area contributed by atoms with Gasteiger partial charge in [-0.05, 0) is 25.0 Å². The van der Waals surface area contributed by atoms with Gasteiger partial charge in [0.25, 0.3) is 5.89 Å². The molecular formula is C14H14N2O4. The molecule has 20 heavy (non-hydrogen) atoms. The summed E-state index contributed by atoms with van der Waals surface area (Å²) < 4.78 is 15.4. The molecule has 1 saturated heterocycles. The standard InChI is InChI=1S/C14H14N2O4/c1-18-14(17)10-6-4-9(5-7-10)12-15-13(20-16-12)11-3-2-8-19-11/h4-7,11H,2-3,8H2,1H3/t11-/m1/s1. The predicted octanol–water partition coefficient (Wildman–Crippen LogP) is 2.37. The highest BCUT2D eigenvalue weighted by Crippen LogP contribution is 2.28. The Hall–Kier alpha value is -2.21. The van der Waals surface area contributed by atoms with Crippen molar-refractivity contribution in [3.63, 3.8) is 0 Å². The number of benzene rings is 1. The van der Waals surface area contributed by atoms with Crippen LogP contribution in [0.25, 0.3) is 11.4 Å². The fourth-order valence-electron chi connectivity index (χ4n) is 2.13. The van der Waals surface area contributed by atoms with Gasteiger partial charge in [-0.25, -0.2) is 4.79 Å². The molecule has 2 aromatic rings. The number of hydrogen-bond donors (Lipinski definition) is 0. The molecule has 1 aliphatic heterocycles. The Bertz CT molecular complexity index is 600. The van der Waals surface area contributed by atoms with E-state index in [1.54, 1.807) is 24.3 Å². The highest BCUT2D eigenvalue weighted by molar-refractivity contribution is 5.89. The van der Waals surface area contributed by atoms with Crippen molar-refractivity contribution in [2.75, 3.05) is 13.7 Å².